The van der Waals surface area contributed by atoms with Gasteiger partial charge in [0, 0.05) is 21.9 Å². The zero-order chi connectivity index (χ0) is 47.8. The predicted molar refractivity (Wildman–Crippen MR) is 279 cm³/mol. The van der Waals surface area contributed by atoms with Crippen LogP contribution >= 0.6 is 0 Å². The monoisotopic (exact) mass is 938 g/mol. The Morgan fingerprint density at radius 3 is 0.972 bits per heavy atom. The number of aromatic nitrogens is 8. The summed E-state index contributed by atoms with van der Waals surface area (Å²) in [5, 5.41) is 3.00. The van der Waals surface area contributed by atoms with E-state index in [9.17, 15) is 0 Å². The summed E-state index contributed by atoms with van der Waals surface area (Å²) >= 11 is 0. The van der Waals surface area contributed by atoms with Crippen LogP contribution in [0.2, 0.25) is 0 Å². The third kappa shape index (κ3) is 8.06. The van der Waals surface area contributed by atoms with Gasteiger partial charge in [0.25, 0.3) is 0 Å². The van der Waals surface area contributed by atoms with Gasteiger partial charge < -0.3 is 28.9 Å². The Kier molecular flexibility index (Phi) is 10.8. The molecule has 8 bridgehead atoms. The molecule has 13 rings (SSSR count). The van der Waals surface area contributed by atoms with Crippen LogP contribution in [0.5, 0.6) is 23.0 Å². The fourth-order valence-corrected chi connectivity index (χ4v) is 9.28. The van der Waals surface area contributed by atoms with Crippen LogP contribution < -0.4 is 18.9 Å². The molecule has 3 aromatic heterocycles. The van der Waals surface area contributed by atoms with Crippen molar-refractivity contribution in [1.29, 1.82) is 0 Å². The van der Waals surface area contributed by atoms with E-state index in [1.165, 1.54) is 0 Å². The van der Waals surface area contributed by atoms with E-state index in [0.29, 0.717) is 106 Å². The molecule has 0 amide bonds. The van der Waals surface area contributed by atoms with Crippen LogP contribution in [0.25, 0.3) is 89.7 Å². The minimum absolute atomic E-state index is 0.337. The Bertz CT molecular complexity index is 3740. The summed E-state index contributed by atoms with van der Waals surface area (Å²) in [4.78, 5) is 39.1. The number of H-pyrrole nitrogens is 2. The molecule has 5 heterocycles. The van der Waals surface area contributed by atoms with Crippen molar-refractivity contribution in [1.82, 2.24) is 39.9 Å². The summed E-state index contributed by atoms with van der Waals surface area (Å²) < 4.78 is 26.5. The predicted octanol–water partition coefficient (Wildman–Crippen LogP) is 13.2. The second-order valence-electron chi connectivity index (χ2n) is 17.4. The molecule has 0 atom stereocenters. The maximum atomic E-state index is 6.63. The number of fused-ring (bicyclic) bond motifs is 20. The number of aromatic amines is 2. The molecule has 0 radical (unpaired) electrons. The number of ether oxygens (including phenoxy) is 4. The van der Waals surface area contributed by atoms with Gasteiger partial charge >= 0.3 is 0 Å². The first-order valence-corrected chi connectivity index (χ1v) is 23.7. The number of nitrogens with one attached hydrogen (secondary N) is 2. The smallest absolute Gasteiger partial charge is 0.168 e. The van der Waals surface area contributed by atoms with Gasteiger partial charge in [-0.2, -0.15) is 0 Å². The second-order valence-corrected chi connectivity index (χ2v) is 17.4. The van der Waals surface area contributed by atoms with Crippen molar-refractivity contribution in [3.8, 4) is 68.5 Å². The van der Waals surface area contributed by atoms with Crippen LogP contribution in [0.4, 0.5) is 0 Å². The third-order valence-corrected chi connectivity index (χ3v) is 12.7. The Morgan fingerprint density at radius 1 is 0.278 bits per heavy atom. The van der Waals surface area contributed by atoms with Crippen LogP contribution in [0, 0.1) is 0 Å². The zero-order valence-electron chi connectivity index (χ0n) is 38.6. The van der Waals surface area contributed by atoms with Gasteiger partial charge in [0.15, 0.2) is 23.3 Å². The van der Waals surface area contributed by atoms with Gasteiger partial charge in [-0.25, -0.2) is 29.9 Å². The van der Waals surface area contributed by atoms with E-state index < -0.39 is 0 Å². The van der Waals surface area contributed by atoms with Crippen LogP contribution in [0.15, 0.2) is 194 Å². The lowest BCUT2D eigenvalue weighted by molar-refractivity contribution is 0.307. The summed E-state index contributed by atoms with van der Waals surface area (Å²) in [5.74, 6) is 4.13. The molecule has 0 aliphatic carbocycles. The average Bonchev–Trinajstić information content (AvgIpc) is 4.18. The maximum Gasteiger partial charge on any atom is 0.168 e. The first-order chi connectivity index (χ1) is 35.7. The molecule has 2 aliphatic heterocycles. The van der Waals surface area contributed by atoms with Crippen molar-refractivity contribution in [2.75, 3.05) is 0 Å². The molecule has 72 heavy (non-hydrogen) atoms. The molecule has 11 aromatic rings. The van der Waals surface area contributed by atoms with Gasteiger partial charge in [-0.3, -0.25) is 0 Å². The van der Waals surface area contributed by atoms with Crippen LogP contribution in [0.3, 0.4) is 0 Å². The Labute approximate surface area is 412 Å². The first kappa shape index (κ1) is 42.4. The average molecular weight is 939 g/mol. The van der Waals surface area contributed by atoms with Crippen molar-refractivity contribution in [3.05, 3.63) is 216 Å². The van der Waals surface area contributed by atoms with Crippen molar-refractivity contribution in [3.63, 3.8) is 0 Å². The van der Waals surface area contributed by atoms with E-state index in [1.807, 2.05) is 194 Å². The quantitative estimate of drug-likeness (QED) is 0.121. The largest absolute Gasteiger partial charge is 0.488 e. The van der Waals surface area contributed by atoms with Gasteiger partial charge in [-0.05, 0) is 46.5 Å². The SMILES string of the molecule is c1ccc(COc2cccc3c2-c2nc-3nc3[nH]c(nc4nc(nc5[nH]c(n2)c2cccc(OCc6ccccc6)c52)-c2cccc(OCc5ccccc5)c2-4)c2cccc(OCc4ccccc4)c32)cc1. The minimum atomic E-state index is 0.337. The fraction of sp³-hybridized carbons (Fsp3) is 0.0667. The lowest BCUT2D eigenvalue weighted by Gasteiger charge is -2.10. The second kappa shape index (κ2) is 18.3. The highest BCUT2D eigenvalue weighted by Gasteiger charge is 2.27. The molecular weight excluding hydrogens is 897 g/mol. The Morgan fingerprint density at radius 2 is 0.597 bits per heavy atom. The fourth-order valence-electron chi connectivity index (χ4n) is 9.28. The molecule has 346 valence electrons. The van der Waals surface area contributed by atoms with E-state index in [2.05, 4.69) is 9.97 Å². The van der Waals surface area contributed by atoms with E-state index >= 15 is 0 Å². The van der Waals surface area contributed by atoms with Gasteiger partial charge in [-0.15, -0.1) is 0 Å². The van der Waals surface area contributed by atoms with Crippen molar-refractivity contribution in [2.45, 2.75) is 26.4 Å². The van der Waals surface area contributed by atoms with Gasteiger partial charge in [0.1, 0.15) is 72.0 Å². The van der Waals surface area contributed by atoms with E-state index in [-0.39, 0.29) is 0 Å². The lowest BCUT2D eigenvalue weighted by atomic mass is 10.1. The number of rotatable bonds is 12. The number of benzene rings is 8. The number of nitrogens with zero attached hydrogens (tertiary/aromatic N) is 6. The van der Waals surface area contributed by atoms with Crippen molar-refractivity contribution < 1.29 is 18.9 Å². The van der Waals surface area contributed by atoms with Gasteiger partial charge in [0.2, 0.25) is 0 Å². The molecule has 2 aliphatic rings. The first-order valence-electron chi connectivity index (χ1n) is 23.7. The normalized spacial score (nSPS) is 11.6. The highest BCUT2D eigenvalue weighted by molar-refractivity contribution is 6.10. The van der Waals surface area contributed by atoms with Crippen LogP contribution in [-0.4, -0.2) is 39.9 Å². The molecule has 2 N–H and O–H groups in total. The molecule has 0 saturated carbocycles. The van der Waals surface area contributed by atoms with Gasteiger partial charge in [0.05, 0.1) is 21.9 Å². The summed E-state index contributed by atoms with van der Waals surface area (Å²) in [6.07, 6.45) is 0. The van der Waals surface area contributed by atoms with Crippen molar-refractivity contribution in [2.24, 2.45) is 0 Å². The molecule has 0 saturated heterocycles. The molecule has 0 spiro atoms. The van der Waals surface area contributed by atoms with Crippen molar-refractivity contribution >= 4 is 44.1 Å². The molecule has 0 unspecified atom stereocenters. The summed E-state index contributed by atoms with van der Waals surface area (Å²) in [5.41, 5.74) is 9.01. The molecule has 12 nitrogen and oxygen atoms in total. The third-order valence-electron chi connectivity index (χ3n) is 12.7. The van der Waals surface area contributed by atoms with Crippen LogP contribution in [0.1, 0.15) is 22.3 Å². The summed E-state index contributed by atoms with van der Waals surface area (Å²) in [7, 11) is 0. The Balaban J connectivity index is 1.09. The molecular formula is C60H42N8O4. The minimum Gasteiger partial charge on any atom is -0.488 e. The molecule has 12 heteroatoms. The number of hydrogen-bond donors (Lipinski definition) is 2. The standard InChI is InChI=1S/C60H42N8O4/c1-5-17-37(18-6-1)33-69-45-29-13-25-41-49(45)57-61-53(41)66-58-51-43(27-15-31-47(51)71-35-39-21-9-3-10-22-39)55(63-58)68-60-52-44(28-16-32-48(52)72-36-40-23-11-4-12-24-40)56(64-60)67-59-50-42(54(62-59)65-57)26-14-30-46(50)70-34-38-19-7-2-8-20-38/h1-32H,33-36H2,(H2,61,62,63,64,65,66,67,68). The maximum absolute atomic E-state index is 6.63. The van der Waals surface area contributed by atoms with E-state index in [0.717, 1.165) is 54.9 Å². The topological polar surface area (TPSA) is 146 Å². The molecule has 0 fully saturated rings. The van der Waals surface area contributed by atoms with Crippen LogP contribution in [-0.2, 0) is 26.4 Å². The summed E-state index contributed by atoms with van der Waals surface area (Å²) in [6, 6.07) is 63.9. The van der Waals surface area contributed by atoms with Gasteiger partial charge in [-0.1, -0.05) is 170 Å². The zero-order valence-corrected chi connectivity index (χ0v) is 38.6. The molecule has 8 aromatic carbocycles. The number of hydrogen-bond acceptors (Lipinski definition) is 10. The highest BCUT2D eigenvalue weighted by Crippen LogP contribution is 2.44. The Hall–Kier alpha value is -9.68. The lowest BCUT2D eigenvalue weighted by Crippen LogP contribution is -1.97. The van der Waals surface area contributed by atoms with E-state index in [1.54, 1.807) is 0 Å². The highest BCUT2D eigenvalue weighted by atomic mass is 16.5. The van der Waals surface area contributed by atoms with E-state index in [4.69, 9.17) is 48.9 Å². The summed E-state index contributed by atoms with van der Waals surface area (Å²) in [6.45, 7) is 1.35.